The number of rotatable bonds is 2. The molecule has 0 bridgehead atoms. The highest BCUT2D eigenvalue weighted by molar-refractivity contribution is 6.12. The lowest BCUT2D eigenvalue weighted by molar-refractivity contribution is 0.0969. The SMILES string of the molecule is Cc1cc(N2C(=O)c3oc4c(ccc5ccccc54)c(=O)c3[C@@H]2c2ccccc2F)no1. The number of nitrogens with zero attached hydrogens (tertiary/aromatic N) is 2. The van der Waals surface area contributed by atoms with Gasteiger partial charge in [0.1, 0.15) is 17.2 Å². The second-order valence-electron chi connectivity index (χ2n) is 7.73. The minimum absolute atomic E-state index is 0.0866. The number of carbonyl (C=O) groups excluding carboxylic acids is 1. The molecule has 0 aliphatic carbocycles. The van der Waals surface area contributed by atoms with Crippen LogP contribution in [0.15, 0.2) is 80.5 Å². The number of carbonyl (C=O) groups is 1. The normalized spacial score (nSPS) is 15.6. The number of anilines is 1. The predicted molar refractivity (Wildman–Crippen MR) is 116 cm³/mol. The number of hydrogen-bond donors (Lipinski definition) is 0. The smallest absolute Gasteiger partial charge is 0.296 e. The first-order valence-corrected chi connectivity index (χ1v) is 10.0. The zero-order valence-electron chi connectivity index (χ0n) is 16.8. The molecular formula is C25H15FN2O4. The van der Waals surface area contributed by atoms with Crippen molar-refractivity contribution in [1.82, 2.24) is 5.16 Å². The number of aromatic nitrogens is 1. The molecule has 3 heterocycles. The van der Waals surface area contributed by atoms with E-state index in [4.69, 9.17) is 8.94 Å². The van der Waals surface area contributed by atoms with Gasteiger partial charge in [0.15, 0.2) is 11.2 Å². The van der Waals surface area contributed by atoms with Crippen LogP contribution >= 0.6 is 0 Å². The van der Waals surface area contributed by atoms with E-state index >= 15 is 0 Å². The van der Waals surface area contributed by atoms with Gasteiger partial charge in [0.25, 0.3) is 5.91 Å². The van der Waals surface area contributed by atoms with E-state index in [0.29, 0.717) is 16.7 Å². The zero-order valence-corrected chi connectivity index (χ0v) is 16.8. The Balaban J connectivity index is 1.71. The molecule has 1 aliphatic rings. The molecule has 32 heavy (non-hydrogen) atoms. The first-order valence-electron chi connectivity index (χ1n) is 10.0. The molecule has 0 saturated heterocycles. The van der Waals surface area contributed by atoms with E-state index in [2.05, 4.69) is 5.16 Å². The topological polar surface area (TPSA) is 76.6 Å². The maximum Gasteiger partial charge on any atom is 0.296 e. The monoisotopic (exact) mass is 426 g/mol. The van der Waals surface area contributed by atoms with Gasteiger partial charge in [0.05, 0.1) is 17.0 Å². The standard InChI is InChI=1S/C25H15FN2O4/c1-13-12-19(27-32-13)28-21(16-8-4-5-9-18(16)26)20-22(29)17-11-10-14-6-2-3-7-15(14)23(17)31-24(20)25(28)30/h2-12,21H,1H3/t21-/m0/s1. The summed E-state index contributed by atoms with van der Waals surface area (Å²) in [5, 5.41) is 5.87. The van der Waals surface area contributed by atoms with Gasteiger partial charge in [-0.05, 0) is 24.4 Å². The minimum atomic E-state index is -1.03. The molecule has 3 aromatic carbocycles. The van der Waals surface area contributed by atoms with Crippen LogP contribution in [0.25, 0.3) is 21.7 Å². The van der Waals surface area contributed by atoms with Crippen LogP contribution in [0.4, 0.5) is 10.2 Å². The second-order valence-corrected chi connectivity index (χ2v) is 7.73. The van der Waals surface area contributed by atoms with Crippen LogP contribution in [0.1, 0.15) is 33.5 Å². The van der Waals surface area contributed by atoms with Gasteiger partial charge in [-0.1, -0.05) is 53.7 Å². The van der Waals surface area contributed by atoms with E-state index in [-0.39, 0.29) is 28.1 Å². The van der Waals surface area contributed by atoms with E-state index in [0.717, 1.165) is 10.8 Å². The molecule has 0 saturated carbocycles. The summed E-state index contributed by atoms with van der Waals surface area (Å²) < 4.78 is 26.1. The van der Waals surface area contributed by atoms with Gasteiger partial charge in [-0.25, -0.2) is 4.39 Å². The van der Waals surface area contributed by atoms with Crippen LogP contribution in [0.2, 0.25) is 0 Å². The molecule has 1 atom stereocenters. The van der Waals surface area contributed by atoms with E-state index in [1.54, 1.807) is 37.3 Å². The van der Waals surface area contributed by atoms with Gasteiger partial charge in [-0.15, -0.1) is 0 Å². The fourth-order valence-corrected chi connectivity index (χ4v) is 4.39. The van der Waals surface area contributed by atoms with E-state index in [1.165, 1.54) is 11.0 Å². The van der Waals surface area contributed by atoms with Crippen molar-refractivity contribution in [2.45, 2.75) is 13.0 Å². The number of amides is 1. The molecule has 6 nitrogen and oxygen atoms in total. The molecule has 0 N–H and O–H groups in total. The lowest BCUT2D eigenvalue weighted by Gasteiger charge is -2.22. The Bertz CT molecular complexity index is 1620. The predicted octanol–water partition coefficient (Wildman–Crippen LogP) is 5.13. The van der Waals surface area contributed by atoms with E-state index < -0.39 is 17.8 Å². The molecule has 7 heteroatoms. The number of hydrogen-bond acceptors (Lipinski definition) is 5. The molecule has 0 fully saturated rings. The summed E-state index contributed by atoms with van der Waals surface area (Å²) in [5.41, 5.74) is 0.207. The highest BCUT2D eigenvalue weighted by Gasteiger charge is 2.45. The first-order chi connectivity index (χ1) is 15.5. The summed E-state index contributed by atoms with van der Waals surface area (Å²) in [4.78, 5) is 28.5. The first kappa shape index (κ1) is 18.5. The summed E-state index contributed by atoms with van der Waals surface area (Å²) in [6.07, 6.45) is 0. The summed E-state index contributed by atoms with van der Waals surface area (Å²) in [6.45, 7) is 1.69. The van der Waals surface area contributed by atoms with Crippen molar-refractivity contribution >= 4 is 33.5 Å². The van der Waals surface area contributed by atoms with Crippen molar-refractivity contribution in [3.05, 3.63) is 105 Å². The fraction of sp³-hybridized carbons (Fsp3) is 0.0800. The van der Waals surface area contributed by atoms with Crippen LogP contribution in [0, 0.1) is 12.7 Å². The van der Waals surface area contributed by atoms with Gasteiger partial charge in [0, 0.05) is 17.0 Å². The van der Waals surface area contributed by atoms with Crippen molar-refractivity contribution in [1.29, 1.82) is 0 Å². The number of fused-ring (bicyclic) bond motifs is 4. The Hall–Kier alpha value is -4.26. The Kier molecular flexibility index (Phi) is 3.83. The van der Waals surface area contributed by atoms with Crippen molar-refractivity contribution < 1.29 is 18.1 Å². The maximum atomic E-state index is 14.9. The average Bonchev–Trinajstić information content (AvgIpc) is 3.35. The number of halogens is 1. The molecule has 156 valence electrons. The maximum absolute atomic E-state index is 14.9. The third-order valence-corrected chi connectivity index (χ3v) is 5.82. The molecular weight excluding hydrogens is 411 g/mol. The Labute approximate surface area is 180 Å². The van der Waals surface area contributed by atoms with Crippen LogP contribution < -0.4 is 10.3 Å². The Morgan fingerprint density at radius 3 is 2.53 bits per heavy atom. The molecule has 5 aromatic rings. The Morgan fingerprint density at radius 1 is 0.969 bits per heavy atom. The van der Waals surface area contributed by atoms with Crippen molar-refractivity contribution in [3.8, 4) is 0 Å². The number of benzene rings is 3. The molecule has 0 radical (unpaired) electrons. The molecule has 6 rings (SSSR count). The largest absolute Gasteiger partial charge is 0.450 e. The molecule has 0 spiro atoms. The van der Waals surface area contributed by atoms with Gasteiger partial charge in [-0.2, -0.15) is 0 Å². The number of aryl methyl sites for hydroxylation is 1. The van der Waals surface area contributed by atoms with E-state index in [9.17, 15) is 14.0 Å². The van der Waals surface area contributed by atoms with Crippen molar-refractivity contribution in [2.24, 2.45) is 0 Å². The van der Waals surface area contributed by atoms with Crippen LogP contribution in [0.5, 0.6) is 0 Å². The molecule has 1 aliphatic heterocycles. The summed E-state index contributed by atoms with van der Waals surface area (Å²) >= 11 is 0. The quantitative estimate of drug-likeness (QED) is 0.366. The van der Waals surface area contributed by atoms with E-state index in [1.807, 2.05) is 30.3 Å². The summed E-state index contributed by atoms with van der Waals surface area (Å²) in [6, 6.07) is 17.5. The zero-order chi connectivity index (χ0) is 22.0. The highest BCUT2D eigenvalue weighted by Crippen LogP contribution is 2.42. The lowest BCUT2D eigenvalue weighted by atomic mass is 9.97. The molecule has 1 amide bonds. The summed E-state index contributed by atoms with van der Waals surface area (Å²) in [7, 11) is 0. The second kappa shape index (κ2) is 6.62. The van der Waals surface area contributed by atoms with Crippen molar-refractivity contribution in [2.75, 3.05) is 4.90 Å². The third kappa shape index (κ3) is 2.48. The van der Waals surface area contributed by atoms with Crippen LogP contribution in [-0.2, 0) is 0 Å². The van der Waals surface area contributed by atoms with Gasteiger partial charge < -0.3 is 8.94 Å². The van der Waals surface area contributed by atoms with Crippen LogP contribution in [-0.4, -0.2) is 11.1 Å². The molecule has 2 aromatic heterocycles. The Morgan fingerprint density at radius 2 is 1.75 bits per heavy atom. The lowest BCUT2D eigenvalue weighted by Crippen LogP contribution is -2.30. The van der Waals surface area contributed by atoms with Gasteiger partial charge >= 0.3 is 0 Å². The van der Waals surface area contributed by atoms with Crippen molar-refractivity contribution in [3.63, 3.8) is 0 Å². The highest BCUT2D eigenvalue weighted by atomic mass is 19.1. The summed E-state index contributed by atoms with van der Waals surface area (Å²) in [5.74, 6) is -0.574. The minimum Gasteiger partial charge on any atom is -0.450 e. The molecule has 0 unspecified atom stereocenters. The fourth-order valence-electron chi connectivity index (χ4n) is 4.39. The third-order valence-electron chi connectivity index (χ3n) is 5.82. The van der Waals surface area contributed by atoms with Gasteiger partial charge in [0.2, 0.25) is 5.76 Å². The van der Waals surface area contributed by atoms with Crippen LogP contribution in [0.3, 0.4) is 0 Å². The van der Waals surface area contributed by atoms with Gasteiger partial charge in [-0.3, -0.25) is 14.5 Å². The average molecular weight is 426 g/mol.